The van der Waals surface area contributed by atoms with E-state index in [0.29, 0.717) is 17.1 Å². The van der Waals surface area contributed by atoms with Crippen molar-refractivity contribution in [3.05, 3.63) is 35.8 Å². The molecule has 0 atom stereocenters. The second-order valence-electron chi connectivity index (χ2n) is 7.49. The van der Waals surface area contributed by atoms with Crippen LogP contribution in [0.1, 0.15) is 50.7 Å². The first-order valence-corrected chi connectivity index (χ1v) is 11.9. The number of amides is 2. The molecule has 0 radical (unpaired) electrons. The second kappa shape index (κ2) is 9.16. The van der Waals surface area contributed by atoms with Gasteiger partial charge in [0, 0.05) is 29.4 Å². The number of ether oxygens (including phenoxy) is 1. The van der Waals surface area contributed by atoms with Crippen molar-refractivity contribution in [2.75, 3.05) is 18.9 Å². The van der Waals surface area contributed by atoms with Gasteiger partial charge in [-0.15, -0.1) is 22.7 Å². The molecule has 158 valence electrons. The normalized spacial score (nSPS) is 14.0. The average molecular weight is 500 g/mol. The first kappa shape index (κ1) is 22.3. The average Bonchev–Trinajstić information content (AvgIpc) is 3.07. The maximum Gasteiger partial charge on any atom is 0.341 e. The Morgan fingerprint density at radius 2 is 2.00 bits per heavy atom. The molecule has 0 spiro atoms. The van der Waals surface area contributed by atoms with Crippen molar-refractivity contribution in [1.29, 1.82) is 0 Å². The molecule has 0 saturated heterocycles. The number of esters is 1. The Labute approximate surface area is 187 Å². The van der Waals surface area contributed by atoms with Gasteiger partial charge in [0.2, 0.25) is 0 Å². The van der Waals surface area contributed by atoms with Crippen LogP contribution in [0.15, 0.2) is 3.79 Å². The molecule has 9 heteroatoms. The van der Waals surface area contributed by atoms with Crippen LogP contribution in [0.2, 0.25) is 0 Å². The molecule has 1 aliphatic rings. The number of nitrogens with zero attached hydrogens (tertiary/aromatic N) is 1. The van der Waals surface area contributed by atoms with Gasteiger partial charge < -0.3 is 15.0 Å². The Kier molecular flexibility index (Phi) is 7.03. The number of carbonyl (C=O) groups excluding carboxylic acids is 2. The Hall–Kier alpha value is -1.42. The lowest BCUT2D eigenvalue weighted by molar-refractivity contribution is 0.0379. The lowest BCUT2D eigenvalue weighted by atomic mass is 10.0. The van der Waals surface area contributed by atoms with Gasteiger partial charge in [-0.2, -0.15) is 0 Å². The fourth-order valence-electron chi connectivity index (χ4n) is 3.29. The van der Waals surface area contributed by atoms with Crippen molar-refractivity contribution in [3.8, 4) is 0 Å². The monoisotopic (exact) mass is 499 g/mol. The SMILES string of the molecule is Cc1sc(NC(=O)NCc2c(Br)sc3c2CCN(C)C3)c(C(=O)OC(C)C)c1C. The van der Waals surface area contributed by atoms with Gasteiger partial charge in [-0.3, -0.25) is 5.32 Å². The van der Waals surface area contributed by atoms with Gasteiger partial charge >= 0.3 is 12.0 Å². The minimum atomic E-state index is -0.407. The maximum absolute atomic E-state index is 12.6. The van der Waals surface area contributed by atoms with Gasteiger partial charge in [-0.25, -0.2) is 9.59 Å². The van der Waals surface area contributed by atoms with Gasteiger partial charge in [-0.1, -0.05) is 0 Å². The van der Waals surface area contributed by atoms with E-state index >= 15 is 0 Å². The number of thiophene rings is 2. The smallest absolute Gasteiger partial charge is 0.341 e. The lowest BCUT2D eigenvalue weighted by Crippen LogP contribution is -2.30. The molecule has 2 N–H and O–H groups in total. The number of urea groups is 1. The van der Waals surface area contributed by atoms with E-state index in [1.165, 1.54) is 21.8 Å². The van der Waals surface area contributed by atoms with Crippen molar-refractivity contribution in [2.45, 2.75) is 53.3 Å². The van der Waals surface area contributed by atoms with Crippen LogP contribution in [0.25, 0.3) is 0 Å². The summed E-state index contributed by atoms with van der Waals surface area (Å²) in [7, 11) is 2.12. The molecule has 2 aromatic rings. The van der Waals surface area contributed by atoms with Gasteiger partial charge in [0.25, 0.3) is 0 Å². The van der Waals surface area contributed by atoms with Crippen LogP contribution in [0.4, 0.5) is 9.80 Å². The summed E-state index contributed by atoms with van der Waals surface area (Å²) in [6, 6.07) is -0.329. The molecule has 6 nitrogen and oxygen atoms in total. The van der Waals surface area contributed by atoms with Crippen LogP contribution in [0.3, 0.4) is 0 Å². The summed E-state index contributed by atoms with van der Waals surface area (Å²) in [6.07, 6.45) is 0.770. The van der Waals surface area contributed by atoms with Crippen LogP contribution in [0, 0.1) is 13.8 Å². The number of aryl methyl sites for hydroxylation is 1. The zero-order valence-electron chi connectivity index (χ0n) is 17.3. The highest BCUT2D eigenvalue weighted by Crippen LogP contribution is 2.37. The van der Waals surface area contributed by atoms with E-state index in [9.17, 15) is 9.59 Å². The van der Waals surface area contributed by atoms with Gasteiger partial charge in [0.15, 0.2) is 0 Å². The van der Waals surface area contributed by atoms with Gasteiger partial charge in [0.1, 0.15) is 5.00 Å². The molecule has 0 aromatic carbocycles. The molecule has 29 heavy (non-hydrogen) atoms. The highest BCUT2D eigenvalue weighted by atomic mass is 79.9. The predicted octanol–water partition coefficient (Wildman–Crippen LogP) is 5.06. The number of likely N-dealkylation sites (N-methyl/N-ethyl adjacent to an activating group) is 1. The van der Waals surface area contributed by atoms with E-state index in [4.69, 9.17) is 4.74 Å². The topological polar surface area (TPSA) is 70.7 Å². The summed E-state index contributed by atoms with van der Waals surface area (Å²) >= 11 is 6.78. The molecule has 2 amide bonds. The zero-order chi connectivity index (χ0) is 21.3. The summed E-state index contributed by atoms with van der Waals surface area (Å²) in [5.41, 5.74) is 3.76. The molecule has 0 unspecified atom stereocenters. The van der Waals surface area contributed by atoms with Crippen molar-refractivity contribution < 1.29 is 14.3 Å². The minimum Gasteiger partial charge on any atom is -0.459 e. The highest BCUT2D eigenvalue weighted by Gasteiger charge is 2.24. The Balaban J connectivity index is 1.70. The molecule has 1 aliphatic heterocycles. The number of fused-ring (bicyclic) bond motifs is 1. The minimum absolute atomic E-state index is 0.218. The number of halogens is 1. The van der Waals surface area contributed by atoms with Gasteiger partial charge in [0.05, 0.1) is 15.5 Å². The molecular formula is C20H26BrN3O3S2. The molecule has 3 heterocycles. The fourth-order valence-corrected chi connectivity index (χ4v) is 6.47. The van der Waals surface area contributed by atoms with Crippen molar-refractivity contribution in [2.24, 2.45) is 0 Å². The van der Waals surface area contributed by atoms with Crippen molar-refractivity contribution in [3.63, 3.8) is 0 Å². The first-order chi connectivity index (χ1) is 13.7. The van der Waals surface area contributed by atoms with Crippen LogP contribution in [-0.2, 0) is 24.2 Å². The van der Waals surface area contributed by atoms with Gasteiger partial charge in [-0.05, 0) is 73.8 Å². The Bertz CT molecular complexity index is 936. The highest BCUT2D eigenvalue weighted by molar-refractivity contribution is 9.11. The zero-order valence-corrected chi connectivity index (χ0v) is 20.5. The number of carbonyl (C=O) groups is 2. The van der Waals surface area contributed by atoms with E-state index < -0.39 is 5.97 Å². The molecule has 0 saturated carbocycles. The third-order valence-electron chi connectivity index (χ3n) is 4.89. The van der Waals surface area contributed by atoms with E-state index in [1.54, 1.807) is 11.3 Å². The number of hydrogen-bond donors (Lipinski definition) is 2. The number of nitrogens with one attached hydrogen (secondary N) is 2. The third-order valence-corrected chi connectivity index (χ3v) is 8.03. The summed E-state index contributed by atoms with van der Waals surface area (Å²) in [5.74, 6) is -0.407. The number of rotatable bonds is 5. The maximum atomic E-state index is 12.6. The summed E-state index contributed by atoms with van der Waals surface area (Å²) in [6.45, 7) is 9.83. The predicted molar refractivity (Wildman–Crippen MR) is 122 cm³/mol. The lowest BCUT2D eigenvalue weighted by Gasteiger charge is -2.22. The number of hydrogen-bond acceptors (Lipinski definition) is 6. The molecule has 2 aromatic heterocycles. The molecule has 0 aliphatic carbocycles. The Morgan fingerprint density at radius 1 is 1.28 bits per heavy atom. The number of anilines is 1. The summed E-state index contributed by atoms with van der Waals surface area (Å²) in [5, 5.41) is 6.31. The standard InChI is InChI=1S/C20H26BrN3O3S2/c1-10(2)27-19(25)16-11(3)12(4)28-18(16)23-20(26)22-8-14-13-6-7-24(5)9-15(13)29-17(14)21/h10H,6-9H2,1-5H3,(H2,22,23,26). The quantitative estimate of drug-likeness (QED) is 0.563. The Morgan fingerprint density at radius 3 is 2.69 bits per heavy atom. The second-order valence-corrected chi connectivity index (χ2v) is 11.1. The molecule has 0 fully saturated rings. The van der Waals surface area contributed by atoms with Crippen molar-refractivity contribution in [1.82, 2.24) is 10.2 Å². The fraction of sp³-hybridized carbons (Fsp3) is 0.500. The van der Waals surface area contributed by atoms with Crippen LogP contribution in [-0.4, -0.2) is 36.6 Å². The van der Waals surface area contributed by atoms with Crippen LogP contribution in [0.5, 0.6) is 0 Å². The molecule has 0 bridgehead atoms. The third kappa shape index (κ3) is 5.02. The van der Waals surface area contributed by atoms with Crippen molar-refractivity contribution >= 4 is 55.6 Å². The molecule has 3 rings (SSSR count). The van der Waals surface area contributed by atoms with Crippen LogP contribution >= 0.6 is 38.6 Å². The van der Waals surface area contributed by atoms with E-state index in [0.717, 1.165) is 39.3 Å². The first-order valence-electron chi connectivity index (χ1n) is 9.50. The summed E-state index contributed by atoms with van der Waals surface area (Å²) < 4.78 is 6.42. The van der Waals surface area contributed by atoms with Crippen LogP contribution < -0.4 is 10.6 Å². The summed E-state index contributed by atoms with van der Waals surface area (Å²) in [4.78, 5) is 29.7. The van der Waals surface area contributed by atoms with E-state index in [-0.39, 0.29) is 12.1 Å². The van der Waals surface area contributed by atoms with E-state index in [2.05, 4.69) is 38.5 Å². The largest absolute Gasteiger partial charge is 0.459 e. The van der Waals surface area contributed by atoms with E-state index in [1.807, 2.05) is 27.7 Å². The molecular weight excluding hydrogens is 474 g/mol.